The summed E-state index contributed by atoms with van der Waals surface area (Å²) >= 11 is 1.52. The molecule has 26 heavy (non-hydrogen) atoms. The van der Waals surface area contributed by atoms with Gasteiger partial charge in [0.2, 0.25) is 0 Å². The van der Waals surface area contributed by atoms with Crippen LogP contribution < -0.4 is 4.80 Å². The van der Waals surface area contributed by atoms with Gasteiger partial charge in [0, 0.05) is 25.9 Å². The number of hydrogen-bond donors (Lipinski definition) is 0. The maximum absolute atomic E-state index is 12.6. The molecule has 0 N–H and O–H groups in total. The first-order chi connectivity index (χ1) is 12.4. The van der Waals surface area contributed by atoms with Crippen LogP contribution in [-0.4, -0.2) is 33.5 Å². The Hall–Kier alpha value is -2.25. The molecule has 0 saturated heterocycles. The largest absolute Gasteiger partial charge is 0.380 e. The van der Waals surface area contributed by atoms with Gasteiger partial charge in [-0.3, -0.25) is 9.48 Å². The van der Waals surface area contributed by atoms with Crippen molar-refractivity contribution in [1.29, 1.82) is 0 Å². The van der Waals surface area contributed by atoms with Crippen molar-refractivity contribution in [2.75, 3.05) is 13.2 Å². The molecular formula is C19H24N4O2S. The number of aromatic nitrogens is 3. The second-order valence-corrected chi connectivity index (χ2v) is 7.36. The van der Waals surface area contributed by atoms with E-state index >= 15 is 0 Å². The smallest absolute Gasteiger partial charge is 0.300 e. The van der Waals surface area contributed by atoms with Crippen LogP contribution in [0.25, 0.3) is 10.2 Å². The van der Waals surface area contributed by atoms with E-state index in [0.29, 0.717) is 30.3 Å². The monoisotopic (exact) mass is 372 g/mol. The van der Waals surface area contributed by atoms with E-state index in [-0.39, 0.29) is 5.91 Å². The zero-order valence-corrected chi connectivity index (χ0v) is 16.7. The van der Waals surface area contributed by atoms with Gasteiger partial charge in [0.25, 0.3) is 5.91 Å². The molecular weight excluding hydrogens is 348 g/mol. The summed E-state index contributed by atoms with van der Waals surface area (Å²) in [6.07, 6.45) is 0. The van der Waals surface area contributed by atoms with Gasteiger partial charge in [-0.15, -0.1) is 0 Å². The third-order valence-corrected chi connectivity index (χ3v) is 5.53. The molecule has 2 heterocycles. The van der Waals surface area contributed by atoms with E-state index in [1.807, 2.05) is 20.9 Å². The minimum absolute atomic E-state index is 0.321. The molecule has 1 aromatic carbocycles. The highest BCUT2D eigenvalue weighted by Crippen LogP contribution is 2.22. The Labute approximate surface area is 156 Å². The highest BCUT2D eigenvalue weighted by atomic mass is 32.1. The number of fused-ring (bicyclic) bond motifs is 1. The number of nitrogens with zero attached hydrogens (tertiary/aromatic N) is 4. The molecule has 1 amide bonds. The fourth-order valence-electron chi connectivity index (χ4n) is 2.73. The zero-order valence-electron chi connectivity index (χ0n) is 15.9. The third-order valence-electron chi connectivity index (χ3n) is 4.49. The van der Waals surface area contributed by atoms with E-state index in [1.165, 1.54) is 22.5 Å². The first-order valence-corrected chi connectivity index (χ1v) is 9.50. The summed E-state index contributed by atoms with van der Waals surface area (Å²) in [5.74, 6) is -0.321. The number of amides is 1. The molecule has 0 fully saturated rings. The average molecular weight is 372 g/mol. The second kappa shape index (κ2) is 7.55. The Morgan fingerprint density at radius 3 is 2.62 bits per heavy atom. The summed E-state index contributed by atoms with van der Waals surface area (Å²) in [5, 5.41) is 4.24. The molecule has 0 unspecified atom stereocenters. The molecule has 0 radical (unpaired) electrons. The van der Waals surface area contributed by atoms with Gasteiger partial charge in [-0.2, -0.15) is 10.1 Å². The molecule has 3 rings (SSSR count). The second-order valence-electron chi connectivity index (χ2n) is 6.35. The van der Waals surface area contributed by atoms with Crippen LogP contribution >= 0.6 is 11.3 Å². The first kappa shape index (κ1) is 18.5. The maximum Gasteiger partial charge on any atom is 0.300 e. The van der Waals surface area contributed by atoms with Crippen LogP contribution in [0, 0.1) is 20.8 Å². The number of carbonyl (C=O) groups is 1. The van der Waals surface area contributed by atoms with Gasteiger partial charge >= 0.3 is 0 Å². The van der Waals surface area contributed by atoms with Crippen LogP contribution in [-0.2, 0) is 18.3 Å². The topological polar surface area (TPSA) is 61.4 Å². The predicted octanol–water partition coefficient (Wildman–Crippen LogP) is 3.14. The number of benzene rings is 1. The molecule has 7 heteroatoms. The SMILES string of the molecule is CCOCCn1c(=NC(=O)c2cc(C)n(C)n2)sc2cc(C)c(C)cc21. The number of rotatable bonds is 5. The van der Waals surface area contributed by atoms with Gasteiger partial charge in [-0.1, -0.05) is 11.3 Å². The highest BCUT2D eigenvalue weighted by molar-refractivity contribution is 7.16. The van der Waals surface area contributed by atoms with E-state index < -0.39 is 0 Å². The number of aryl methyl sites for hydroxylation is 4. The van der Waals surface area contributed by atoms with Gasteiger partial charge in [0.05, 0.1) is 16.8 Å². The Kier molecular flexibility index (Phi) is 5.38. The van der Waals surface area contributed by atoms with Gasteiger partial charge in [-0.25, -0.2) is 0 Å². The first-order valence-electron chi connectivity index (χ1n) is 8.68. The molecule has 0 aliphatic rings. The Morgan fingerprint density at radius 1 is 1.23 bits per heavy atom. The summed E-state index contributed by atoms with van der Waals surface area (Å²) in [6, 6.07) is 6.07. The van der Waals surface area contributed by atoms with Crippen LogP contribution in [0.5, 0.6) is 0 Å². The molecule has 0 bridgehead atoms. The minimum Gasteiger partial charge on any atom is -0.380 e. The van der Waals surface area contributed by atoms with Gasteiger partial charge < -0.3 is 9.30 Å². The minimum atomic E-state index is -0.321. The lowest BCUT2D eigenvalue weighted by Gasteiger charge is -2.07. The number of thiazole rings is 1. The highest BCUT2D eigenvalue weighted by Gasteiger charge is 2.13. The van der Waals surface area contributed by atoms with Crippen LogP contribution in [0.15, 0.2) is 23.2 Å². The van der Waals surface area contributed by atoms with E-state index in [4.69, 9.17) is 4.74 Å². The van der Waals surface area contributed by atoms with Crippen molar-refractivity contribution in [2.24, 2.45) is 12.0 Å². The van der Waals surface area contributed by atoms with Crippen molar-refractivity contribution in [3.63, 3.8) is 0 Å². The van der Waals surface area contributed by atoms with Crippen molar-refractivity contribution in [3.8, 4) is 0 Å². The van der Waals surface area contributed by atoms with Crippen molar-refractivity contribution in [2.45, 2.75) is 34.2 Å². The summed E-state index contributed by atoms with van der Waals surface area (Å²) < 4.78 is 10.4. The van der Waals surface area contributed by atoms with E-state index in [9.17, 15) is 4.79 Å². The molecule has 0 saturated carbocycles. The third kappa shape index (κ3) is 3.64. The summed E-state index contributed by atoms with van der Waals surface area (Å²) in [6.45, 7) is 9.98. The van der Waals surface area contributed by atoms with Crippen LogP contribution in [0.3, 0.4) is 0 Å². The molecule has 138 valence electrons. The van der Waals surface area contributed by atoms with Crippen LogP contribution in [0.2, 0.25) is 0 Å². The fourth-order valence-corrected chi connectivity index (χ4v) is 3.87. The van der Waals surface area contributed by atoms with E-state index in [1.54, 1.807) is 10.7 Å². The fraction of sp³-hybridized carbons (Fsp3) is 0.421. The Balaban J connectivity index is 2.10. The van der Waals surface area contributed by atoms with E-state index in [2.05, 4.69) is 40.6 Å². The normalized spacial score (nSPS) is 12.3. The molecule has 2 aromatic heterocycles. The van der Waals surface area contributed by atoms with Gasteiger partial charge in [0.15, 0.2) is 10.5 Å². The van der Waals surface area contributed by atoms with Crippen LogP contribution in [0.4, 0.5) is 0 Å². The van der Waals surface area contributed by atoms with Crippen molar-refractivity contribution in [1.82, 2.24) is 14.3 Å². The van der Waals surface area contributed by atoms with Gasteiger partial charge in [-0.05, 0) is 57.0 Å². The summed E-state index contributed by atoms with van der Waals surface area (Å²) in [5.41, 5.74) is 4.83. The van der Waals surface area contributed by atoms with Crippen molar-refractivity contribution in [3.05, 3.63) is 45.5 Å². The van der Waals surface area contributed by atoms with E-state index in [0.717, 1.165) is 15.9 Å². The Morgan fingerprint density at radius 2 is 1.96 bits per heavy atom. The number of hydrogen-bond acceptors (Lipinski definition) is 4. The van der Waals surface area contributed by atoms with Crippen molar-refractivity contribution < 1.29 is 9.53 Å². The lowest BCUT2D eigenvalue weighted by Crippen LogP contribution is -2.20. The molecule has 3 aromatic rings. The number of ether oxygens (including phenoxy) is 1. The summed E-state index contributed by atoms with van der Waals surface area (Å²) in [7, 11) is 1.82. The molecule has 0 atom stereocenters. The lowest BCUT2D eigenvalue weighted by atomic mass is 10.1. The number of carbonyl (C=O) groups excluding carboxylic acids is 1. The maximum atomic E-state index is 12.6. The Bertz CT molecular complexity index is 1010. The standard InChI is InChI=1S/C19H24N4O2S/c1-6-25-8-7-23-16-9-12(2)13(3)10-17(16)26-19(23)20-18(24)15-11-14(4)22(5)21-15/h9-11H,6-8H2,1-5H3. The molecule has 0 aliphatic carbocycles. The summed E-state index contributed by atoms with van der Waals surface area (Å²) in [4.78, 5) is 17.6. The predicted molar refractivity (Wildman–Crippen MR) is 104 cm³/mol. The average Bonchev–Trinajstić information content (AvgIpc) is 3.09. The quantitative estimate of drug-likeness (QED) is 0.647. The molecule has 0 spiro atoms. The zero-order chi connectivity index (χ0) is 18.8. The lowest BCUT2D eigenvalue weighted by molar-refractivity contribution is 0.0991. The van der Waals surface area contributed by atoms with Crippen LogP contribution in [0.1, 0.15) is 34.2 Å². The molecule has 0 aliphatic heterocycles. The van der Waals surface area contributed by atoms with Crippen molar-refractivity contribution >= 4 is 27.5 Å². The molecule has 6 nitrogen and oxygen atoms in total. The van der Waals surface area contributed by atoms with Gasteiger partial charge in [0.1, 0.15) is 0 Å².